The summed E-state index contributed by atoms with van der Waals surface area (Å²) in [5.41, 5.74) is 2.02. The summed E-state index contributed by atoms with van der Waals surface area (Å²) >= 11 is 0. The maximum Gasteiger partial charge on any atom is 0.143 e. The minimum atomic E-state index is 0.0955. The van der Waals surface area contributed by atoms with Crippen molar-refractivity contribution in [3.05, 3.63) is 54.8 Å². The van der Waals surface area contributed by atoms with E-state index in [1.165, 1.54) is 4.80 Å². The average Bonchev–Trinajstić information content (AvgIpc) is 2.90. The molecule has 0 atom stereocenters. The maximum atomic E-state index is 9.96. The van der Waals surface area contributed by atoms with Crippen molar-refractivity contribution < 1.29 is 9.84 Å². The normalized spacial score (nSPS) is 11.2. The molecule has 0 unspecified atom stereocenters. The Morgan fingerprint density at radius 2 is 1.80 bits per heavy atom. The average molecular weight is 267 g/mol. The van der Waals surface area contributed by atoms with Crippen molar-refractivity contribution in [3.8, 4) is 17.2 Å². The van der Waals surface area contributed by atoms with Crippen LogP contribution in [-0.4, -0.2) is 20.1 Å². The molecule has 1 N–H and O–H groups in total. The summed E-state index contributed by atoms with van der Waals surface area (Å²) < 4.78 is 5.39. The number of allylic oxidation sites excluding steroid dienone is 1. The lowest BCUT2D eigenvalue weighted by Crippen LogP contribution is -1.99. The van der Waals surface area contributed by atoms with E-state index in [1.54, 1.807) is 30.5 Å². The highest BCUT2D eigenvalue weighted by Crippen LogP contribution is 2.26. The van der Waals surface area contributed by atoms with Gasteiger partial charge in [-0.1, -0.05) is 18.2 Å². The van der Waals surface area contributed by atoms with Gasteiger partial charge in [0.15, 0.2) is 0 Å². The lowest BCUT2D eigenvalue weighted by atomic mass is 10.3. The molecule has 0 bridgehead atoms. The fourth-order valence-corrected chi connectivity index (χ4v) is 1.85. The van der Waals surface area contributed by atoms with Crippen LogP contribution in [0, 0.1) is 0 Å². The first-order valence-corrected chi connectivity index (χ1v) is 6.21. The Bertz CT molecular complexity index is 745. The Balaban J connectivity index is 2.07. The molecule has 3 rings (SSSR count). The second kappa shape index (κ2) is 5.05. The second-order valence-electron chi connectivity index (χ2n) is 4.22. The molecule has 0 saturated carbocycles. The SMILES string of the molecule is CC=COc1ccc(O)c(-n2nc3ccccc3n2)c1. The first-order valence-electron chi connectivity index (χ1n) is 6.21. The molecule has 0 amide bonds. The molecule has 0 aliphatic rings. The number of nitrogens with zero attached hydrogens (tertiary/aromatic N) is 3. The summed E-state index contributed by atoms with van der Waals surface area (Å²) in [6, 6.07) is 12.5. The number of benzene rings is 2. The van der Waals surface area contributed by atoms with E-state index >= 15 is 0 Å². The lowest BCUT2D eigenvalue weighted by Gasteiger charge is -2.05. The number of hydrogen-bond donors (Lipinski definition) is 1. The highest BCUT2D eigenvalue weighted by atomic mass is 16.5. The van der Waals surface area contributed by atoms with Crippen LogP contribution in [0.2, 0.25) is 0 Å². The second-order valence-corrected chi connectivity index (χ2v) is 4.22. The molecular formula is C15H13N3O2. The maximum absolute atomic E-state index is 9.96. The van der Waals surface area contributed by atoms with Gasteiger partial charge in [0.05, 0.1) is 6.26 Å². The van der Waals surface area contributed by atoms with E-state index < -0.39 is 0 Å². The van der Waals surface area contributed by atoms with Gasteiger partial charge in [-0.2, -0.15) is 0 Å². The topological polar surface area (TPSA) is 60.2 Å². The highest BCUT2D eigenvalue weighted by molar-refractivity contribution is 5.73. The van der Waals surface area contributed by atoms with Gasteiger partial charge in [-0.3, -0.25) is 0 Å². The number of ether oxygens (including phenoxy) is 1. The van der Waals surface area contributed by atoms with Crippen LogP contribution in [0.4, 0.5) is 0 Å². The number of aromatic hydroxyl groups is 1. The zero-order chi connectivity index (χ0) is 13.9. The van der Waals surface area contributed by atoms with Crippen molar-refractivity contribution in [1.29, 1.82) is 0 Å². The smallest absolute Gasteiger partial charge is 0.143 e. The Labute approximate surface area is 115 Å². The molecule has 0 aliphatic carbocycles. The fraction of sp³-hybridized carbons (Fsp3) is 0.0667. The van der Waals surface area contributed by atoms with Gasteiger partial charge in [0.2, 0.25) is 0 Å². The molecule has 5 heteroatoms. The van der Waals surface area contributed by atoms with Gasteiger partial charge in [0, 0.05) is 6.07 Å². The van der Waals surface area contributed by atoms with Gasteiger partial charge in [-0.25, -0.2) is 0 Å². The van der Waals surface area contributed by atoms with Gasteiger partial charge in [0.1, 0.15) is 28.2 Å². The molecule has 0 spiro atoms. The van der Waals surface area contributed by atoms with Crippen molar-refractivity contribution in [3.63, 3.8) is 0 Å². The van der Waals surface area contributed by atoms with Crippen molar-refractivity contribution >= 4 is 11.0 Å². The number of aromatic nitrogens is 3. The van der Waals surface area contributed by atoms with Crippen molar-refractivity contribution in [2.45, 2.75) is 6.92 Å². The van der Waals surface area contributed by atoms with E-state index in [-0.39, 0.29) is 5.75 Å². The zero-order valence-corrected chi connectivity index (χ0v) is 10.9. The van der Waals surface area contributed by atoms with Crippen LogP contribution in [0.5, 0.6) is 11.5 Å². The van der Waals surface area contributed by atoms with Gasteiger partial charge in [-0.15, -0.1) is 15.0 Å². The van der Waals surface area contributed by atoms with Gasteiger partial charge in [-0.05, 0) is 31.2 Å². The summed E-state index contributed by atoms with van der Waals surface area (Å²) in [5, 5.41) is 18.6. The molecule has 3 aromatic rings. The predicted molar refractivity (Wildman–Crippen MR) is 76.0 cm³/mol. The largest absolute Gasteiger partial charge is 0.506 e. The minimum Gasteiger partial charge on any atom is -0.506 e. The minimum absolute atomic E-state index is 0.0955. The first-order chi connectivity index (χ1) is 9.78. The molecular weight excluding hydrogens is 254 g/mol. The standard InChI is InChI=1S/C15H13N3O2/c1-2-9-20-11-7-8-15(19)14(10-11)18-16-12-5-3-4-6-13(12)17-18/h2-10,19H,1H3. The van der Waals surface area contributed by atoms with Crippen LogP contribution in [-0.2, 0) is 0 Å². The number of fused-ring (bicyclic) bond motifs is 1. The van der Waals surface area contributed by atoms with Crippen molar-refractivity contribution in [1.82, 2.24) is 15.0 Å². The van der Waals surface area contributed by atoms with E-state index in [0.29, 0.717) is 11.4 Å². The molecule has 0 aliphatic heterocycles. The van der Waals surface area contributed by atoms with E-state index in [4.69, 9.17) is 4.74 Å². The van der Waals surface area contributed by atoms with E-state index in [0.717, 1.165) is 11.0 Å². The van der Waals surface area contributed by atoms with Crippen LogP contribution >= 0.6 is 0 Å². The third-order valence-corrected chi connectivity index (χ3v) is 2.79. The van der Waals surface area contributed by atoms with Crippen LogP contribution in [0.15, 0.2) is 54.8 Å². The van der Waals surface area contributed by atoms with E-state index in [9.17, 15) is 5.11 Å². The van der Waals surface area contributed by atoms with Crippen LogP contribution < -0.4 is 4.74 Å². The van der Waals surface area contributed by atoms with Crippen molar-refractivity contribution in [2.24, 2.45) is 0 Å². The molecule has 0 saturated heterocycles. The van der Waals surface area contributed by atoms with Crippen LogP contribution in [0.3, 0.4) is 0 Å². The van der Waals surface area contributed by atoms with Crippen LogP contribution in [0.25, 0.3) is 16.7 Å². The van der Waals surface area contributed by atoms with Crippen LogP contribution in [0.1, 0.15) is 6.92 Å². The van der Waals surface area contributed by atoms with Gasteiger partial charge >= 0.3 is 0 Å². The zero-order valence-electron chi connectivity index (χ0n) is 10.9. The third kappa shape index (κ3) is 2.21. The summed E-state index contributed by atoms with van der Waals surface area (Å²) in [4.78, 5) is 1.41. The predicted octanol–water partition coefficient (Wildman–Crippen LogP) is 3.04. The summed E-state index contributed by atoms with van der Waals surface area (Å²) in [6.45, 7) is 1.86. The molecule has 1 aromatic heterocycles. The number of phenolic OH excluding ortho intramolecular Hbond substituents is 1. The van der Waals surface area contributed by atoms with E-state index in [2.05, 4.69) is 10.2 Å². The monoisotopic (exact) mass is 267 g/mol. The quantitative estimate of drug-likeness (QED) is 0.741. The highest BCUT2D eigenvalue weighted by Gasteiger charge is 2.09. The van der Waals surface area contributed by atoms with Gasteiger partial charge < -0.3 is 9.84 Å². The molecule has 1 heterocycles. The Kier molecular flexibility index (Phi) is 3.09. The number of hydrogen-bond acceptors (Lipinski definition) is 4. The Hall–Kier alpha value is -2.82. The molecule has 5 nitrogen and oxygen atoms in total. The molecule has 20 heavy (non-hydrogen) atoms. The van der Waals surface area contributed by atoms with Gasteiger partial charge in [0.25, 0.3) is 0 Å². The Morgan fingerprint density at radius 3 is 2.45 bits per heavy atom. The third-order valence-electron chi connectivity index (χ3n) is 2.79. The summed E-state index contributed by atoms with van der Waals surface area (Å²) in [5.74, 6) is 0.704. The number of rotatable bonds is 3. The van der Waals surface area contributed by atoms with Crippen molar-refractivity contribution in [2.75, 3.05) is 0 Å². The summed E-state index contributed by atoms with van der Waals surface area (Å²) in [7, 11) is 0. The molecule has 2 aromatic carbocycles. The molecule has 0 radical (unpaired) electrons. The number of phenols is 1. The van der Waals surface area contributed by atoms with E-state index in [1.807, 2.05) is 31.2 Å². The fourth-order valence-electron chi connectivity index (χ4n) is 1.85. The molecule has 100 valence electrons. The lowest BCUT2D eigenvalue weighted by molar-refractivity contribution is 0.457. The first kappa shape index (κ1) is 12.2. The Morgan fingerprint density at radius 1 is 1.10 bits per heavy atom. The summed E-state index contributed by atoms with van der Waals surface area (Å²) in [6.07, 6.45) is 3.36. The molecule has 0 fully saturated rings.